The van der Waals surface area contributed by atoms with Crippen molar-refractivity contribution in [2.24, 2.45) is 5.73 Å². The van der Waals surface area contributed by atoms with Crippen LogP contribution in [0.2, 0.25) is 0 Å². The summed E-state index contributed by atoms with van der Waals surface area (Å²) in [5.74, 6) is -0.891. The van der Waals surface area contributed by atoms with E-state index in [1.54, 1.807) is 11.8 Å². The first-order valence-corrected chi connectivity index (χ1v) is 5.95. The van der Waals surface area contributed by atoms with Crippen LogP contribution < -0.4 is 5.73 Å². The monoisotopic (exact) mass is 225 g/mol. The van der Waals surface area contributed by atoms with Crippen LogP contribution in [-0.4, -0.2) is 23.9 Å². The van der Waals surface area contributed by atoms with Crippen LogP contribution in [0.15, 0.2) is 29.2 Å². The number of carbonyl (C=O) groups is 1. The van der Waals surface area contributed by atoms with Crippen molar-refractivity contribution in [2.75, 3.05) is 12.8 Å². The number of carboxylic acids is 1. The zero-order chi connectivity index (χ0) is 11.3. The van der Waals surface area contributed by atoms with Gasteiger partial charge in [0.15, 0.2) is 0 Å². The molecule has 1 aromatic carbocycles. The highest BCUT2D eigenvalue weighted by molar-refractivity contribution is 7.98. The maximum absolute atomic E-state index is 10.6. The Hall–Kier alpha value is -1.00. The Morgan fingerprint density at radius 2 is 2.07 bits per heavy atom. The number of benzene rings is 1. The molecule has 0 amide bonds. The minimum absolute atomic E-state index is 0.0848. The van der Waals surface area contributed by atoms with Gasteiger partial charge in [-0.1, -0.05) is 12.1 Å². The molecule has 1 rings (SSSR count). The highest BCUT2D eigenvalue weighted by atomic mass is 32.2. The molecule has 0 aliphatic heterocycles. The van der Waals surface area contributed by atoms with E-state index in [2.05, 4.69) is 0 Å². The van der Waals surface area contributed by atoms with Crippen LogP contribution in [0.25, 0.3) is 0 Å². The third-order valence-electron chi connectivity index (χ3n) is 2.29. The molecular formula is C11H15NO2S. The van der Waals surface area contributed by atoms with Gasteiger partial charge in [-0.2, -0.15) is 0 Å². The molecule has 0 fully saturated rings. The first-order valence-electron chi connectivity index (χ1n) is 4.73. The maximum atomic E-state index is 10.6. The minimum atomic E-state index is -0.806. The van der Waals surface area contributed by atoms with Crippen molar-refractivity contribution in [3.63, 3.8) is 0 Å². The van der Waals surface area contributed by atoms with Crippen molar-refractivity contribution in [3.05, 3.63) is 29.8 Å². The summed E-state index contributed by atoms with van der Waals surface area (Å²) in [6, 6.07) is 7.88. The van der Waals surface area contributed by atoms with Crippen LogP contribution in [0.3, 0.4) is 0 Å². The van der Waals surface area contributed by atoms with E-state index in [0.29, 0.717) is 6.54 Å². The predicted octanol–water partition coefficient (Wildman–Crippen LogP) is 1.93. The summed E-state index contributed by atoms with van der Waals surface area (Å²) in [7, 11) is 0. The SMILES string of the molecule is CSc1ccc(C(CN)CC(=O)O)cc1. The third-order valence-corrected chi connectivity index (χ3v) is 3.04. The van der Waals surface area contributed by atoms with E-state index in [0.717, 1.165) is 5.56 Å². The molecule has 0 bridgehead atoms. The molecule has 0 radical (unpaired) electrons. The van der Waals surface area contributed by atoms with Gasteiger partial charge in [0.05, 0.1) is 6.42 Å². The zero-order valence-electron chi connectivity index (χ0n) is 8.64. The first kappa shape index (κ1) is 12.1. The Kier molecular flexibility index (Phi) is 4.65. The molecule has 4 heteroatoms. The molecule has 1 atom stereocenters. The lowest BCUT2D eigenvalue weighted by molar-refractivity contribution is -0.137. The van der Waals surface area contributed by atoms with E-state index in [9.17, 15) is 4.79 Å². The van der Waals surface area contributed by atoms with Gasteiger partial charge in [-0.3, -0.25) is 4.79 Å². The van der Waals surface area contributed by atoms with E-state index in [-0.39, 0.29) is 12.3 Å². The smallest absolute Gasteiger partial charge is 0.304 e. The molecule has 0 saturated carbocycles. The third kappa shape index (κ3) is 3.57. The van der Waals surface area contributed by atoms with Gasteiger partial charge < -0.3 is 10.8 Å². The largest absolute Gasteiger partial charge is 0.481 e. The molecular weight excluding hydrogens is 210 g/mol. The second kappa shape index (κ2) is 5.78. The Labute approximate surface area is 93.7 Å². The number of rotatable bonds is 5. The zero-order valence-corrected chi connectivity index (χ0v) is 9.46. The lowest BCUT2D eigenvalue weighted by Gasteiger charge is -2.12. The Balaban J connectivity index is 2.78. The number of nitrogens with two attached hydrogens (primary N) is 1. The molecule has 0 heterocycles. The average Bonchev–Trinajstić information content (AvgIpc) is 2.26. The summed E-state index contributed by atoms with van der Waals surface area (Å²) in [6.07, 6.45) is 2.10. The number of hydrogen-bond acceptors (Lipinski definition) is 3. The lowest BCUT2D eigenvalue weighted by Crippen LogP contribution is -2.16. The molecule has 0 aromatic heterocycles. The molecule has 3 N–H and O–H groups in total. The molecule has 3 nitrogen and oxygen atoms in total. The van der Waals surface area contributed by atoms with Gasteiger partial charge in [-0.05, 0) is 30.5 Å². The molecule has 1 unspecified atom stereocenters. The number of aliphatic carboxylic acids is 1. The average molecular weight is 225 g/mol. The van der Waals surface area contributed by atoms with Gasteiger partial charge >= 0.3 is 5.97 Å². The standard InChI is InChI=1S/C11H15NO2S/c1-15-10-4-2-8(3-5-10)9(7-12)6-11(13)14/h2-5,9H,6-7,12H2,1H3,(H,13,14). The summed E-state index contributed by atoms with van der Waals surface area (Å²) < 4.78 is 0. The minimum Gasteiger partial charge on any atom is -0.481 e. The van der Waals surface area contributed by atoms with Crippen molar-refractivity contribution >= 4 is 17.7 Å². The maximum Gasteiger partial charge on any atom is 0.304 e. The summed E-state index contributed by atoms with van der Waals surface area (Å²) in [4.78, 5) is 11.8. The van der Waals surface area contributed by atoms with Gasteiger partial charge in [0.1, 0.15) is 0 Å². The van der Waals surface area contributed by atoms with Gasteiger partial charge in [0, 0.05) is 10.8 Å². The Morgan fingerprint density at radius 3 is 2.47 bits per heavy atom. The molecule has 0 aliphatic carbocycles. The highest BCUT2D eigenvalue weighted by Crippen LogP contribution is 2.22. The predicted molar refractivity (Wildman–Crippen MR) is 62.3 cm³/mol. The number of thioether (sulfide) groups is 1. The summed E-state index contributed by atoms with van der Waals surface area (Å²) in [6.45, 7) is 0.366. The molecule has 0 spiro atoms. The van der Waals surface area contributed by atoms with Crippen molar-refractivity contribution in [1.29, 1.82) is 0 Å². The van der Waals surface area contributed by atoms with E-state index < -0.39 is 5.97 Å². The second-order valence-electron chi connectivity index (χ2n) is 3.30. The van der Waals surface area contributed by atoms with Crippen LogP contribution in [0.5, 0.6) is 0 Å². The van der Waals surface area contributed by atoms with E-state index in [1.807, 2.05) is 30.5 Å². The normalized spacial score (nSPS) is 12.4. The van der Waals surface area contributed by atoms with Crippen molar-refractivity contribution in [3.8, 4) is 0 Å². The van der Waals surface area contributed by atoms with E-state index >= 15 is 0 Å². The van der Waals surface area contributed by atoms with Crippen LogP contribution in [0, 0.1) is 0 Å². The van der Waals surface area contributed by atoms with Crippen LogP contribution in [0.1, 0.15) is 17.9 Å². The fourth-order valence-corrected chi connectivity index (χ4v) is 1.83. The lowest BCUT2D eigenvalue weighted by atomic mass is 9.96. The summed E-state index contributed by atoms with van der Waals surface area (Å²) in [5, 5.41) is 8.72. The number of hydrogen-bond donors (Lipinski definition) is 2. The number of carboxylic acid groups (broad SMARTS) is 1. The highest BCUT2D eigenvalue weighted by Gasteiger charge is 2.13. The first-order chi connectivity index (χ1) is 7.17. The van der Waals surface area contributed by atoms with Crippen molar-refractivity contribution in [1.82, 2.24) is 0 Å². The van der Waals surface area contributed by atoms with Crippen LogP contribution >= 0.6 is 11.8 Å². The summed E-state index contributed by atoms with van der Waals surface area (Å²) >= 11 is 1.66. The molecule has 0 aliphatic rings. The van der Waals surface area contributed by atoms with Gasteiger partial charge in [0.25, 0.3) is 0 Å². The quantitative estimate of drug-likeness (QED) is 0.751. The topological polar surface area (TPSA) is 63.3 Å². The molecule has 82 valence electrons. The van der Waals surface area contributed by atoms with Gasteiger partial charge in [-0.25, -0.2) is 0 Å². The Morgan fingerprint density at radius 1 is 1.47 bits per heavy atom. The fraction of sp³-hybridized carbons (Fsp3) is 0.364. The van der Waals surface area contributed by atoms with E-state index in [1.165, 1.54) is 4.90 Å². The molecule has 1 aromatic rings. The second-order valence-corrected chi connectivity index (χ2v) is 4.18. The molecule has 0 saturated heterocycles. The fourth-order valence-electron chi connectivity index (χ4n) is 1.42. The van der Waals surface area contributed by atoms with Crippen LogP contribution in [0.4, 0.5) is 0 Å². The van der Waals surface area contributed by atoms with Gasteiger partial charge in [-0.15, -0.1) is 11.8 Å². The summed E-state index contributed by atoms with van der Waals surface area (Å²) in [5.41, 5.74) is 6.55. The van der Waals surface area contributed by atoms with Crippen molar-refractivity contribution in [2.45, 2.75) is 17.2 Å². The van der Waals surface area contributed by atoms with Crippen molar-refractivity contribution < 1.29 is 9.90 Å². The van der Waals surface area contributed by atoms with Gasteiger partial charge in [0.2, 0.25) is 0 Å². The van der Waals surface area contributed by atoms with Crippen LogP contribution in [-0.2, 0) is 4.79 Å². The molecule has 15 heavy (non-hydrogen) atoms. The van der Waals surface area contributed by atoms with E-state index in [4.69, 9.17) is 10.8 Å². The Bertz CT molecular complexity index is 324.